The first-order valence-electron chi connectivity index (χ1n) is 7.12. The molecule has 0 saturated heterocycles. The highest BCUT2D eigenvalue weighted by atomic mass is 79.9. The van der Waals surface area contributed by atoms with Crippen LogP contribution >= 0.6 is 15.9 Å². The molecule has 0 N–H and O–H groups in total. The number of hydrogen-bond donors (Lipinski definition) is 0. The Morgan fingerprint density at radius 1 is 1.29 bits per heavy atom. The molecule has 1 atom stereocenters. The van der Waals surface area contributed by atoms with Crippen LogP contribution in [-0.4, -0.2) is 37.0 Å². The Hall–Kier alpha value is -1.36. The van der Waals surface area contributed by atoms with Crippen LogP contribution in [0.15, 0.2) is 28.7 Å². The summed E-state index contributed by atoms with van der Waals surface area (Å²) >= 11 is 3.36. The van der Waals surface area contributed by atoms with E-state index in [1.165, 1.54) is 7.11 Å². The fourth-order valence-corrected chi connectivity index (χ4v) is 2.27. The van der Waals surface area contributed by atoms with Crippen LogP contribution in [0.25, 0.3) is 0 Å². The van der Waals surface area contributed by atoms with Gasteiger partial charge in [-0.05, 0) is 30.7 Å². The van der Waals surface area contributed by atoms with E-state index < -0.39 is 0 Å². The number of unbranched alkanes of at least 4 members (excludes halogenated alkanes) is 1. The lowest BCUT2D eigenvalue weighted by atomic mass is 10.1. The number of rotatable bonds is 7. The summed E-state index contributed by atoms with van der Waals surface area (Å²) in [5.74, 6) is -0.668. The van der Waals surface area contributed by atoms with Crippen molar-refractivity contribution in [2.75, 3.05) is 20.2 Å². The average molecular weight is 356 g/mol. The van der Waals surface area contributed by atoms with Crippen LogP contribution in [0.4, 0.5) is 0 Å². The molecule has 0 heterocycles. The largest absolute Gasteiger partial charge is 0.469 e. The number of benzene rings is 1. The summed E-state index contributed by atoms with van der Waals surface area (Å²) < 4.78 is 5.67. The first-order chi connectivity index (χ1) is 9.99. The third kappa shape index (κ3) is 5.50. The van der Waals surface area contributed by atoms with Crippen LogP contribution < -0.4 is 0 Å². The van der Waals surface area contributed by atoms with Gasteiger partial charge in [-0.3, -0.25) is 9.59 Å². The molecule has 4 nitrogen and oxygen atoms in total. The van der Waals surface area contributed by atoms with Crippen molar-refractivity contribution in [3.8, 4) is 0 Å². The highest BCUT2D eigenvalue weighted by Crippen LogP contribution is 2.14. The van der Waals surface area contributed by atoms with Gasteiger partial charge in [-0.2, -0.15) is 0 Å². The lowest BCUT2D eigenvalue weighted by Gasteiger charge is -2.25. The molecule has 21 heavy (non-hydrogen) atoms. The molecule has 1 aromatic rings. The Labute approximate surface area is 134 Å². The van der Waals surface area contributed by atoms with Gasteiger partial charge in [-0.25, -0.2) is 0 Å². The van der Waals surface area contributed by atoms with Gasteiger partial charge < -0.3 is 9.64 Å². The van der Waals surface area contributed by atoms with Crippen LogP contribution in [0.1, 0.15) is 37.0 Å². The maximum absolute atomic E-state index is 12.6. The van der Waals surface area contributed by atoms with Crippen molar-refractivity contribution in [2.24, 2.45) is 5.92 Å². The predicted molar refractivity (Wildman–Crippen MR) is 86.1 cm³/mol. The second-order valence-electron chi connectivity index (χ2n) is 5.04. The lowest BCUT2D eigenvalue weighted by molar-refractivity contribution is -0.145. The molecule has 1 amide bonds. The minimum atomic E-state index is -0.328. The van der Waals surface area contributed by atoms with E-state index >= 15 is 0 Å². The number of halogens is 1. The van der Waals surface area contributed by atoms with Crippen molar-refractivity contribution in [3.63, 3.8) is 0 Å². The predicted octanol–water partition coefficient (Wildman–Crippen LogP) is 3.50. The van der Waals surface area contributed by atoms with Gasteiger partial charge in [0.25, 0.3) is 5.91 Å². The molecule has 0 fully saturated rings. The summed E-state index contributed by atoms with van der Waals surface area (Å²) in [6, 6.07) is 7.26. The maximum atomic E-state index is 12.6. The minimum absolute atomic E-state index is 0.0493. The van der Waals surface area contributed by atoms with Crippen molar-refractivity contribution in [1.82, 2.24) is 4.90 Å². The third-order valence-corrected chi connectivity index (χ3v) is 3.79. The lowest BCUT2D eigenvalue weighted by Crippen LogP contribution is -2.38. The van der Waals surface area contributed by atoms with Crippen LogP contribution in [0.2, 0.25) is 0 Å². The summed E-state index contributed by atoms with van der Waals surface area (Å²) in [5.41, 5.74) is 0.631. The Bertz CT molecular complexity index is 473. The molecule has 1 rings (SSSR count). The number of amides is 1. The molecule has 0 spiro atoms. The summed E-state index contributed by atoms with van der Waals surface area (Å²) in [6.45, 7) is 4.87. The van der Waals surface area contributed by atoms with Gasteiger partial charge in [-0.15, -0.1) is 0 Å². The number of nitrogens with zero attached hydrogens (tertiary/aromatic N) is 1. The first kappa shape index (κ1) is 17.7. The van der Waals surface area contributed by atoms with Gasteiger partial charge >= 0.3 is 5.97 Å². The number of ether oxygens (including phenoxy) is 1. The number of carbonyl (C=O) groups excluding carboxylic acids is 2. The number of carbonyl (C=O) groups is 2. The second-order valence-corrected chi connectivity index (χ2v) is 5.95. The molecule has 0 bridgehead atoms. The highest BCUT2D eigenvalue weighted by Gasteiger charge is 2.22. The van der Waals surface area contributed by atoms with Crippen LogP contribution in [-0.2, 0) is 9.53 Å². The van der Waals surface area contributed by atoms with Crippen LogP contribution in [0.5, 0.6) is 0 Å². The smallest absolute Gasteiger partial charge is 0.310 e. The Morgan fingerprint density at radius 3 is 2.43 bits per heavy atom. The van der Waals surface area contributed by atoms with E-state index in [1.54, 1.807) is 24.0 Å². The summed E-state index contributed by atoms with van der Waals surface area (Å²) in [4.78, 5) is 25.9. The van der Waals surface area contributed by atoms with Crippen LogP contribution in [0.3, 0.4) is 0 Å². The standard InChI is InChI=1S/C16H22BrNO3/c1-4-5-10-18(11-12(2)16(20)21-3)15(19)13-6-8-14(17)9-7-13/h6-9,12H,4-5,10-11H2,1-3H3. The summed E-state index contributed by atoms with van der Waals surface area (Å²) in [6.07, 6.45) is 1.91. The Balaban J connectivity index is 2.82. The van der Waals surface area contributed by atoms with Gasteiger partial charge in [0.15, 0.2) is 0 Å². The molecule has 0 aliphatic heterocycles. The fraction of sp³-hybridized carbons (Fsp3) is 0.500. The minimum Gasteiger partial charge on any atom is -0.469 e. The van der Waals surface area contributed by atoms with Gasteiger partial charge in [0, 0.05) is 23.1 Å². The maximum Gasteiger partial charge on any atom is 0.310 e. The van der Waals surface area contributed by atoms with Crippen molar-refractivity contribution >= 4 is 27.8 Å². The zero-order valence-electron chi connectivity index (χ0n) is 12.8. The number of hydrogen-bond acceptors (Lipinski definition) is 3. The van der Waals surface area contributed by atoms with Crippen molar-refractivity contribution in [3.05, 3.63) is 34.3 Å². The van der Waals surface area contributed by atoms with E-state index in [-0.39, 0.29) is 17.8 Å². The molecule has 0 saturated carbocycles. The van der Waals surface area contributed by atoms with E-state index in [0.717, 1.165) is 17.3 Å². The fourth-order valence-electron chi connectivity index (χ4n) is 2.01. The zero-order valence-corrected chi connectivity index (χ0v) is 14.4. The molecule has 0 aliphatic carbocycles. The molecule has 116 valence electrons. The average Bonchev–Trinajstić information content (AvgIpc) is 2.50. The SMILES string of the molecule is CCCCN(CC(C)C(=O)OC)C(=O)c1ccc(Br)cc1. The number of methoxy groups -OCH3 is 1. The quantitative estimate of drug-likeness (QED) is 0.703. The molecule has 1 unspecified atom stereocenters. The number of esters is 1. The van der Waals surface area contributed by atoms with E-state index in [1.807, 2.05) is 12.1 Å². The zero-order chi connectivity index (χ0) is 15.8. The molecule has 1 aromatic carbocycles. The van der Waals surface area contributed by atoms with Gasteiger partial charge in [-0.1, -0.05) is 36.2 Å². The highest BCUT2D eigenvalue weighted by molar-refractivity contribution is 9.10. The Kier molecular flexibility index (Phi) is 7.43. The normalized spacial score (nSPS) is 11.8. The summed E-state index contributed by atoms with van der Waals surface area (Å²) in [7, 11) is 1.37. The van der Waals surface area contributed by atoms with Gasteiger partial charge in [0.05, 0.1) is 13.0 Å². The molecule has 0 aliphatic rings. The van der Waals surface area contributed by atoms with Gasteiger partial charge in [0.2, 0.25) is 0 Å². The Morgan fingerprint density at radius 2 is 1.90 bits per heavy atom. The van der Waals surface area contributed by atoms with E-state index in [2.05, 4.69) is 22.9 Å². The van der Waals surface area contributed by atoms with Crippen LogP contribution in [0, 0.1) is 5.92 Å². The first-order valence-corrected chi connectivity index (χ1v) is 7.91. The molecule has 0 aromatic heterocycles. The molecule has 0 radical (unpaired) electrons. The third-order valence-electron chi connectivity index (χ3n) is 3.26. The van der Waals surface area contributed by atoms with E-state index in [9.17, 15) is 9.59 Å². The summed E-state index contributed by atoms with van der Waals surface area (Å²) in [5, 5.41) is 0. The van der Waals surface area contributed by atoms with E-state index in [0.29, 0.717) is 18.7 Å². The molecular weight excluding hydrogens is 334 g/mol. The van der Waals surface area contributed by atoms with Crippen molar-refractivity contribution in [2.45, 2.75) is 26.7 Å². The van der Waals surface area contributed by atoms with Crippen molar-refractivity contribution < 1.29 is 14.3 Å². The topological polar surface area (TPSA) is 46.6 Å². The molecular formula is C16H22BrNO3. The molecule has 5 heteroatoms. The van der Waals surface area contributed by atoms with Gasteiger partial charge in [0.1, 0.15) is 0 Å². The monoisotopic (exact) mass is 355 g/mol. The van der Waals surface area contributed by atoms with Crippen molar-refractivity contribution in [1.29, 1.82) is 0 Å². The van der Waals surface area contributed by atoms with E-state index in [4.69, 9.17) is 4.74 Å². The second kappa shape index (κ2) is 8.82.